The van der Waals surface area contributed by atoms with Crippen molar-refractivity contribution < 1.29 is 52.8 Å². The third-order valence-electron chi connectivity index (χ3n) is 11.0. The standard InChI is InChI=1S/C36H51N3O12/c1-11-13-23-20(3)48-26(43)16-22(23)18-47-31(45)39(10)19-37-38-30(44)50-27-28-32(5,6)15-14-24(41)34(28,8)36(46)25(42)17-33(7,12-2)51-35(36,9)29(27)49-21(4)40/h11-13,16,24,27-29,37,41,46H,2,14-15,17-19H2,1,3-10H3,(H,38,44)/b13-11-/t24-,27-,28-,29-,33-,34-,35+,36-/m0/s1. The molecule has 2 saturated carbocycles. The molecule has 282 valence electrons. The monoisotopic (exact) mass is 717 g/mol. The molecule has 8 atom stereocenters. The van der Waals surface area contributed by atoms with Crippen LogP contribution in [0.1, 0.15) is 84.6 Å². The Balaban J connectivity index is 1.57. The molecule has 1 aromatic rings. The summed E-state index contributed by atoms with van der Waals surface area (Å²) in [6.07, 6.45) is -0.563. The summed E-state index contributed by atoms with van der Waals surface area (Å²) in [6.45, 7) is 16.3. The zero-order valence-corrected chi connectivity index (χ0v) is 30.8. The molecule has 51 heavy (non-hydrogen) atoms. The maximum atomic E-state index is 14.1. The Bertz CT molecular complexity index is 1660. The summed E-state index contributed by atoms with van der Waals surface area (Å²) in [5, 5.41) is 24.3. The first-order valence-electron chi connectivity index (χ1n) is 16.9. The Kier molecular flexibility index (Phi) is 11.0. The third kappa shape index (κ3) is 6.84. The van der Waals surface area contributed by atoms with Crippen LogP contribution in [0.15, 0.2) is 34.0 Å². The van der Waals surface area contributed by atoms with Crippen LogP contribution in [0.25, 0.3) is 6.08 Å². The highest BCUT2D eigenvalue weighted by Crippen LogP contribution is 2.67. The molecule has 1 aromatic heterocycles. The minimum atomic E-state index is -2.38. The number of esters is 1. The number of hydrogen-bond acceptors (Lipinski definition) is 13. The van der Waals surface area contributed by atoms with Gasteiger partial charge in [-0.2, -0.15) is 0 Å². The van der Waals surface area contributed by atoms with E-state index < -0.39 is 81.4 Å². The van der Waals surface area contributed by atoms with Gasteiger partial charge in [0.05, 0.1) is 18.4 Å². The number of aliphatic hydroxyl groups excluding tert-OH is 1. The molecule has 4 rings (SSSR count). The van der Waals surface area contributed by atoms with Gasteiger partial charge in [0.25, 0.3) is 0 Å². The topological polar surface area (TPSA) is 203 Å². The summed E-state index contributed by atoms with van der Waals surface area (Å²) in [5.74, 6) is -1.94. The van der Waals surface area contributed by atoms with Gasteiger partial charge < -0.3 is 33.6 Å². The number of rotatable bonds is 9. The lowest BCUT2D eigenvalue weighted by Crippen LogP contribution is -2.87. The van der Waals surface area contributed by atoms with Crippen LogP contribution in [-0.2, 0) is 35.1 Å². The molecule has 0 aromatic carbocycles. The first kappa shape index (κ1) is 39.7. The van der Waals surface area contributed by atoms with Gasteiger partial charge in [0.2, 0.25) is 0 Å². The summed E-state index contributed by atoms with van der Waals surface area (Å²) in [5.41, 5.74) is -2.62. The molecule has 0 bridgehead atoms. The number of aryl methyl sites for hydroxylation is 1. The Morgan fingerprint density at radius 1 is 1.16 bits per heavy atom. The number of hydrazine groups is 1. The van der Waals surface area contributed by atoms with Gasteiger partial charge in [-0.05, 0) is 46.0 Å². The van der Waals surface area contributed by atoms with Gasteiger partial charge in [-0.25, -0.2) is 19.8 Å². The number of nitrogens with zero attached hydrogens (tertiary/aromatic N) is 1. The molecule has 3 aliphatic rings. The predicted molar refractivity (Wildman–Crippen MR) is 183 cm³/mol. The molecule has 0 spiro atoms. The van der Waals surface area contributed by atoms with Crippen molar-refractivity contribution in [1.82, 2.24) is 15.8 Å². The second kappa shape index (κ2) is 14.2. The van der Waals surface area contributed by atoms with Gasteiger partial charge in [-0.3, -0.25) is 19.9 Å². The van der Waals surface area contributed by atoms with Crippen molar-refractivity contribution >= 4 is 30.0 Å². The second-order valence-corrected chi connectivity index (χ2v) is 15.0. The number of carbonyl (C=O) groups is 4. The molecule has 4 N–H and O–H groups in total. The van der Waals surface area contributed by atoms with E-state index in [0.29, 0.717) is 23.3 Å². The fourth-order valence-electron chi connectivity index (χ4n) is 8.63. The number of fused-ring (bicyclic) bond motifs is 3. The first-order chi connectivity index (χ1) is 23.6. The number of allylic oxidation sites excluding steroid dienone is 1. The molecule has 0 unspecified atom stereocenters. The number of aliphatic hydroxyl groups is 2. The molecule has 3 fully saturated rings. The number of amides is 2. The molecule has 0 radical (unpaired) electrons. The van der Waals surface area contributed by atoms with Crippen molar-refractivity contribution in [2.24, 2.45) is 16.7 Å². The van der Waals surface area contributed by atoms with E-state index >= 15 is 0 Å². The zero-order chi connectivity index (χ0) is 38.3. The highest BCUT2D eigenvalue weighted by atomic mass is 16.6. The summed E-state index contributed by atoms with van der Waals surface area (Å²) >= 11 is 0. The summed E-state index contributed by atoms with van der Waals surface area (Å²) in [7, 11) is 1.41. The third-order valence-corrected chi connectivity index (χ3v) is 11.0. The quantitative estimate of drug-likeness (QED) is 0.0954. The Labute approximate surface area is 297 Å². The van der Waals surface area contributed by atoms with Crippen LogP contribution in [0.5, 0.6) is 0 Å². The fourth-order valence-corrected chi connectivity index (χ4v) is 8.63. The lowest BCUT2D eigenvalue weighted by atomic mass is 9.39. The zero-order valence-electron chi connectivity index (χ0n) is 30.8. The Morgan fingerprint density at radius 3 is 2.43 bits per heavy atom. The SMILES string of the molecule is C=C[C@@]1(C)CC(=O)[C@]2(O)[C@@]3(C)[C@@H](O)CCC(C)(C)[C@@H]3[C@H](OC(=O)NNCN(C)C(=O)OCc3cc(=O)oc(C)c3/C=C\C)[C@H](OC(C)=O)[C@@]2(C)O1. The average molecular weight is 718 g/mol. The number of carbonyl (C=O) groups excluding carboxylic acids is 4. The normalized spacial score (nSPS) is 34.1. The van der Waals surface area contributed by atoms with Crippen molar-refractivity contribution in [2.45, 2.75) is 116 Å². The smallest absolute Gasteiger partial charge is 0.422 e. The number of ketones is 1. The van der Waals surface area contributed by atoms with Crippen molar-refractivity contribution in [3.8, 4) is 0 Å². The van der Waals surface area contributed by atoms with E-state index in [9.17, 15) is 34.2 Å². The summed E-state index contributed by atoms with van der Waals surface area (Å²) < 4.78 is 28.8. The maximum Gasteiger partial charge on any atom is 0.422 e. The van der Waals surface area contributed by atoms with Crippen LogP contribution in [0.4, 0.5) is 9.59 Å². The van der Waals surface area contributed by atoms with Gasteiger partial charge in [-0.15, -0.1) is 6.58 Å². The van der Waals surface area contributed by atoms with Gasteiger partial charge in [0.15, 0.2) is 17.5 Å². The number of nitrogens with one attached hydrogen (secondary N) is 2. The molecule has 2 amide bonds. The maximum absolute atomic E-state index is 14.1. The first-order valence-corrected chi connectivity index (χ1v) is 16.9. The minimum absolute atomic E-state index is 0.216. The van der Waals surface area contributed by atoms with Crippen molar-refractivity contribution in [2.75, 3.05) is 13.7 Å². The van der Waals surface area contributed by atoms with Crippen LogP contribution in [0.2, 0.25) is 0 Å². The molecule has 15 heteroatoms. The Morgan fingerprint density at radius 2 is 1.82 bits per heavy atom. The van der Waals surface area contributed by atoms with Crippen LogP contribution < -0.4 is 16.5 Å². The highest BCUT2D eigenvalue weighted by molar-refractivity contribution is 5.92. The van der Waals surface area contributed by atoms with E-state index in [-0.39, 0.29) is 26.1 Å². The lowest BCUT2D eigenvalue weighted by Gasteiger charge is -2.71. The molecule has 15 nitrogen and oxygen atoms in total. The molecular weight excluding hydrogens is 666 g/mol. The minimum Gasteiger partial charge on any atom is -0.455 e. The van der Waals surface area contributed by atoms with Gasteiger partial charge in [0, 0.05) is 48.9 Å². The molecule has 1 saturated heterocycles. The lowest BCUT2D eigenvalue weighted by molar-refractivity contribution is -0.369. The molecular formula is C36H51N3O12. The van der Waals surface area contributed by atoms with Gasteiger partial charge in [0.1, 0.15) is 24.1 Å². The van der Waals surface area contributed by atoms with E-state index in [1.165, 1.54) is 26.1 Å². The van der Waals surface area contributed by atoms with Crippen LogP contribution in [0.3, 0.4) is 0 Å². The molecule has 1 aliphatic heterocycles. The van der Waals surface area contributed by atoms with E-state index in [1.54, 1.807) is 39.8 Å². The van der Waals surface area contributed by atoms with Crippen LogP contribution >= 0.6 is 0 Å². The van der Waals surface area contributed by atoms with E-state index in [0.717, 1.165) is 11.8 Å². The predicted octanol–water partition coefficient (Wildman–Crippen LogP) is 3.28. The number of ether oxygens (including phenoxy) is 4. The molecule has 2 aliphatic carbocycles. The number of hydrogen-bond donors (Lipinski definition) is 4. The van der Waals surface area contributed by atoms with Crippen molar-refractivity contribution in [3.05, 3.63) is 52.1 Å². The molecule has 2 heterocycles. The second-order valence-electron chi connectivity index (χ2n) is 15.0. The van der Waals surface area contributed by atoms with Crippen LogP contribution in [0, 0.1) is 23.7 Å². The van der Waals surface area contributed by atoms with E-state index in [2.05, 4.69) is 17.4 Å². The van der Waals surface area contributed by atoms with Crippen molar-refractivity contribution in [3.63, 3.8) is 0 Å². The Hall–Kier alpha value is -4.05. The van der Waals surface area contributed by atoms with Crippen molar-refractivity contribution in [1.29, 1.82) is 0 Å². The van der Waals surface area contributed by atoms with Gasteiger partial charge in [-0.1, -0.05) is 39.0 Å². The fraction of sp³-hybridized carbons (Fsp3) is 0.639. The summed E-state index contributed by atoms with van der Waals surface area (Å²) in [6, 6.07) is 1.24. The van der Waals surface area contributed by atoms with E-state index in [1.807, 2.05) is 13.8 Å². The largest absolute Gasteiger partial charge is 0.455 e. The van der Waals surface area contributed by atoms with E-state index in [4.69, 9.17) is 23.4 Å². The highest BCUT2D eigenvalue weighted by Gasteiger charge is 2.82. The van der Waals surface area contributed by atoms with Gasteiger partial charge >= 0.3 is 23.8 Å². The number of Topliss-reactive ketones (excluding diaryl/α,β-unsaturated/α-hetero) is 1. The summed E-state index contributed by atoms with van der Waals surface area (Å²) in [4.78, 5) is 66.0. The van der Waals surface area contributed by atoms with Crippen LogP contribution in [-0.4, -0.2) is 87.9 Å². The average Bonchev–Trinajstić information content (AvgIpc) is 3.03.